The van der Waals surface area contributed by atoms with Gasteiger partial charge in [0.05, 0.1) is 0 Å². The lowest BCUT2D eigenvalue weighted by Crippen LogP contribution is -2.49. The number of hydrogen-bond donors (Lipinski definition) is 1. The molecule has 1 N–H and O–H groups in total. The summed E-state index contributed by atoms with van der Waals surface area (Å²) >= 11 is 0. The summed E-state index contributed by atoms with van der Waals surface area (Å²) in [7, 11) is 0. The van der Waals surface area contributed by atoms with Crippen LogP contribution in [0, 0.1) is 0 Å². The fourth-order valence-corrected chi connectivity index (χ4v) is 3.41. The van der Waals surface area contributed by atoms with Gasteiger partial charge in [-0.1, -0.05) is 23.4 Å². The van der Waals surface area contributed by atoms with Crippen LogP contribution < -0.4 is 14.8 Å². The first-order chi connectivity index (χ1) is 15.8. The van der Waals surface area contributed by atoms with E-state index in [-0.39, 0.29) is 17.5 Å². The number of urea groups is 1. The molecule has 2 amide bonds. The van der Waals surface area contributed by atoms with Gasteiger partial charge in [-0.3, -0.25) is 10.2 Å². The number of alkyl halides is 3. The Kier molecular flexibility index (Phi) is 6.68. The Hall–Kier alpha value is -3.73. The van der Waals surface area contributed by atoms with Crippen LogP contribution in [0.5, 0.6) is 17.2 Å². The molecule has 0 aliphatic carbocycles. The number of anilines is 1. The fourth-order valence-electron chi connectivity index (χ4n) is 3.41. The summed E-state index contributed by atoms with van der Waals surface area (Å²) in [6.45, 7) is 3.15. The summed E-state index contributed by atoms with van der Waals surface area (Å²) in [4.78, 5) is 16.2. The van der Waals surface area contributed by atoms with Gasteiger partial charge in [-0.05, 0) is 29.8 Å². The monoisotopic (exact) mass is 462 g/mol. The maximum absolute atomic E-state index is 12.4. The summed E-state index contributed by atoms with van der Waals surface area (Å²) in [5.41, 5.74) is 0.982. The van der Waals surface area contributed by atoms with Gasteiger partial charge in [0.15, 0.2) is 5.82 Å². The molecule has 0 atom stereocenters. The van der Waals surface area contributed by atoms with Crippen molar-refractivity contribution in [2.24, 2.45) is 0 Å². The van der Waals surface area contributed by atoms with Crippen LogP contribution in [0.15, 0.2) is 65.4 Å². The van der Waals surface area contributed by atoms with Crippen LogP contribution in [0.25, 0.3) is 0 Å². The normalized spacial score (nSPS) is 14.7. The Bertz CT molecular complexity index is 1070. The maximum atomic E-state index is 12.4. The van der Waals surface area contributed by atoms with E-state index in [1.165, 1.54) is 24.5 Å². The van der Waals surface area contributed by atoms with Gasteiger partial charge in [0.2, 0.25) is 0 Å². The summed E-state index contributed by atoms with van der Waals surface area (Å²) in [6.07, 6.45) is -3.38. The second-order valence-corrected chi connectivity index (χ2v) is 7.35. The van der Waals surface area contributed by atoms with Gasteiger partial charge in [0.1, 0.15) is 23.5 Å². The molecule has 4 rings (SSSR count). The van der Waals surface area contributed by atoms with E-state index in [1.54, 1.807) is 23.1 Å². The molecule has 1 aliphatic heterocycles. The first-order valence-corrected chi connectivity index (χ1v) is 10.2. The molecular weight excluding hydrogens is 441 g/mol. The minimum absolute atomic E-state index is 0.226. The molecular formula is C22H21F3N4O4. The highest BCUT2D eigenvalue weighted by Crippen LogP contribution is 2.29. The van der Waals surface area contributed by atoms with Crippen molar-refractivity contribution in [2.45, 2.75) is 12.9 Å². The van der Waals surface area contributed by atoms with Crippen LogP contribution in [0.1, 0.15) is 5.56 Å². The number of hydrogen-bond acceptors (Lipinski definition) is 6. The lowest BCUT2D eigenvalue weighted by molar-refractivity contribution is -0.274. The van der Waals surface area contributed by atoms with E-state index in [2.05, 4.69) is 20.1 Å². The van der Waals surface area contributed by atoms with E-state index >= 15 is 0 Å². The van der Waals surface area contributed by atoms with Crippen LogP contribution in [0.4, 0.5) is 23.8 Å². The van der Waals surface area contributed by atoms with Crippen molar-refractivity contribution in [3.05, 3.63) is 66.4 Å². The number of amides is 2. The van der Waals surface area contributed by atoms with Gasteiger partial charge in [-0.15, -0.1) is 13.2 Å². The number of rotatable bonds is 6. The van der Waals surface area contributed by atoms with E-state index in [4.69, 9.17) is 9.26 Å². The molecule has 33 heavy (non-hydrogen) atoms. The molecule has 1 saturated heterocycles. The fraction of sp³-hybridized carbons (Fsp3) is 0.273. The molecule has 8 nitrogen and oxygen atoms in total. The van der Waals surface area contributed by atoms with Crippen molar-refractivity contribution < 1.29 is 32.0 Å². The van der Waals surface area contributed by atoms with Crippen molar-refractivity contribution in [1.82, 2.24) is 15.0 Å². The van der Waals surface area contributed by atoms with Gasteiger partial charge < -0.3 is 18.9 Å². The molecule has 174 valence electrons. The number of piperazine rings is 1. The largest absolute Gasteiger partial charge is 0.573 e. The van der Waals surface area contributed by atoms with Crippen LogP contribution in [-0.4, -0.2) is 53.5 Å². The molecule has 2 heterocycles. The molecule has 2 aromatic carbocycles. The average Bonchev–Trinajstić information content (AvgIpc) is 3.26. The predicted molar refractivity (Wildman–Crippen MR) is 112 cm³/mol. The lowest BCUT2D eigenvalue weighted by Gasteiger charge is -2.34. The van der Waals surface area contributed by atoms with E-state index in [9.17, 15) is 18.0 Å². The molecule has 0 spiro atoms. The standard InChI is InChI=1S/C22H21F3N4O4/c23-22(24,25)33-19-6-2-5-18(14-19)32-17-4-1-3-16(13-17)15-28-8-10-29(11-9-28)21(30)26-20-7-12-31-27-20/h1-7,12-14H,8-11,15H2,(H,26,27,30). The Balaban J connectivity index is 1.30. The van der Waals surface area contributed by atoms with Gasteiger partial charge in [-0.25, -0.2) is 4.79 Å². The summed E-state index contributed by atoms with van der Waals surface area (Å²) < 4.78 is 51.6. The third-order valence-electron chi connectivity index (χ3n) is 4.91. The van der Waals surface area contributed by atoms with E-state index in [0.717, 1.165) is 5.56 Å². The zero-order valence-electron chi connectivity index (χ0n) is 17.4. The Labute approximate surface area is 187 Å². The average molecular weight is 462 g/mol. The highest BCUT2D eigenvalue weighted by molar-refractivity contribution is 5.88. The number of benzene rings is 2. The lowest BCUT2D eigenvalue weighted by atomic mass is 10.2. The molecule has 11 heteroatoms. The van der Waals surface area contributed by atoms with Crippen LogP contribution >= 0.6 is 0 Å². The minimum Gasteiger partial charge on any atom is -0.457 e. The maximum Gasteiger partial charge on any atom is 0.573 e. The Morgan fingerprint density at radius 1 is 1.00 bits per heavy atom. The molecule has 1 fully saturated rings. The van der Waals surface area contributed by atoms with Crippen molar-refractivity contribution in [2.75, 3.05) is 31.5 Å². The van der Waals surface area contributed by atoms with Gasteiger partial charge in [0, 0.05) is 44.9 Å². The van der Waals surface area contributed by atoms with Crippen LogP contribution in [0.2, 0.25) is 0 Å². The number of nitrogens with zero attached hydrogens (tertiary/aromatic N) is 3. The van der Waals surface area contributed by atoms with E-state index < -0.39 is 6.36 Å². The summed E-state index contributed by atoms with van der Waals surface area (Å²) in [5.74, 6) is 0.763. The SMILES string of the molecule is O=C(Nc1ccon1)N1CCN(Cc2cccc(Oc3cccc(OC(F)(F)F)c3)c2)CC1. The van der Waals surface area contributed by atoms with Crippen molar-refractivity contribution in [3.8, 4) is 17.2 Å². The number of halogens is 3. The number of aromatic nitrogens is 1. The summed E-state index contributed by atoms with van der Waals surface area (Å²) in [6, 6.07) is 14.1. The molecule has 0 bridgehead atoms. The smallest absolute Gasteiger partial charge is 0.457 e. The van der Waals surface area contributed by atoms with Crippen molar-refractivity contribution >= 4 is 11.8 Å². The molecule has 3 aromatic rings. The minimum atomic E-state index is -4.76. The Morgan fingerprint density at radius 2 is 1.70 bits per heavy atom. The number of nitrogens with one attached hydrogen (secondary N) is 1. The second kappa shape index (κ2) is 9.82. The molecule has 0 radical (unpaired) electrons. The third kappa shape index (κ3) is 6.62. The summed E-state index contributed by atoms with van der Waals surface area (Å²) in [5, 5.41) is 6.35. The number of carbonyl (C=O) groups excluding carboxylic acids is 1. The zero-order chi connectivity index (χ0) is 23.3. The van der Waals surface area contributed by atoms with E-state index in [1.807, 2.05) is 18.2 Å². The zero-order valence-corrected chi connectivity index (χ0v) is 17.4. The second-order valence-electron chi connectivity index (χ2n) is 7.35. The highest BCUT2D eigenvalue weighted by atomic mass is 19.4. The molecule has 0 saturated carbocycles. The van der Waals surface area contributed by atoms with E-state index in [0.29, 0.717) is 44.3 Å². The molecule has 0 unspecified atom stereocenters. The third-order valence-corrected chi connectivity index (χ3v) is 4.91. The topological polar surface area (TPSA) is 80.1 Å². The Morgan fingerprint density at radius 3 is 2.39 bits per heavy atom. The number of ether oxygens (including phenoxy) is 2. The quantitative estimate of drug-likeness (QED) is 0.571. The van der Waals surface area contributed by atoms with Gasteiger partial charge in [-0.2, -0.15) is 0 Å². The first-order valence-electron chi connectivity index (χ1n) is 10.2. The predicted octanol–water partition coefficient (Wildman–Crippen LogP) is 4.72. The molecule has 1 aliphatic rings. The first kappa shape index (κ1) is 22.5. The van der Waals surface area contributed by atoms with Crippen LogP contribution in [-0.2, 0) is 6.54 Å². The van der Waals surface area contributed by atoms with Gasteiger partial charge >= 0.3 is 12.4 Å². The van der Waals surface area contributed by atoms with Gasteiger partial charge in [0.25, 0.3) is 0 Å². The highest BCUT2D eigenvalue weighted by Gasteiger charge is 2.31. The number of carbonyl (C=O) groups is 1. The van der Waals surface area contributed by atoms with Crippen molar-refractivity contribution in [1.29, 1.82) is 0 Å². The van der Waals surface area contributed by atoms with Crippen molar-refractivity contribution in [3.63, 3.8) is 0 Å². The van der Waals surface area contributed by atoms with Crippen LogP contribution in [0.3, 0.4) is 0 Å². The molecule has 1 aromatic heterocycles.